The van der Waals surface area contributed by atoms with Crippen molar-refractivity contribution < 1.29 is 104 Å². The predicted molar refractivity (Wildman–Crippen MR) is 41.1 cm³/mol. The smallest absolute Gasteiger partial charge is 1.00 e. The Hall–Kier alpha value is 0.00494. The van der Waals surface area contributed by atoms with Gasteiger partial charge in [-0.3, -0.25) is 0 Å². The molecule has 9 heteroatoms. The van der Waals surface area contributed by atoms with Crippen LogP contribution in [0.3, 0.4) is 0 Å². The van der Waals surface area contributed by atoms with E-state index in [-0.39, 0.29) is 104 Å². The molecule has 0 atom stereocenters. The minimum Gasteiger partial charge on any atom is -1.00 e. The fourth-order valence-corrected chi connectivity index (χ4v) is 0. The third kappa shape index (κ3) is 82900000. The third-order valence-electron chi connectivity index (χ3n) is 0. The molecule has 0 radical (unpaired) electrons. The van der Waals surface area contributed by atoms with Crippen molar-refractivity contribution in [3.05, 3.63) is 0 Å². The van der Waals surface area contributed by atoms with E-state index in [4.69, 9.17) is 31.6 Å². The number of hydrogen-bond donors (Lipinski definition) is 0. The van der Waals surface area contributed by atoms with Crippen molar-refractivity contribution in [3.63, 3.8) is 0 Å². The first kappa shape index (κ1) is 81.6. The summed E-state index contributed by atoms with van der Waals surface area (Å²) in [5.41, 5.74) is 0. The standard InChI is InChI=1S/6CHN.Cs.Fe.Ni.H/c6*1-2;;;;/h6*1H;;;;/q;;;;;;+1;;;-1. The quantitative estimate of drug-likeness (QED) is 0.421. The summed E-state index contributed by atoms with van der Waals surface area (Å²) in [5, 5.41) is 39.0. The molecule has 0 aromatic carbocycles. The first-order valence-corrected chi connectivity index (χ1v) is 1.55. The Labute approximate surface area is 171 Å². The van der Waals surface area contributed by atoms with Crippen LogP contribution in [-0.4, -0.2) is 0 Å². The van der Waals surface area contributed by atoms with Crippen molar-refractivity contribution in [3.8, 4) is 39.4 Å². The SMILES string of the molecule is C#N.C#N.C#N.C#N.C#N.C#N.[Cs+].[Fe].[H-].[Ni]. The number of rotatable bonds is 0. The molecule has 0 spiro atoms. The van der Waals surface area contributed by atoms with Crippen LogP contribution < -0.4 is 68.9 Å². The number of hydrogen-bond acceptors (Lipinski definition) is 6. The minimum atomic E-state index is 0. The number of nitriles is 6. The van der Waals surface area contributed by atoms with Gasteiger partial charge in [-0.25, -0.2) is 31.6 Å². The summed E-state index contributed by atoms with van der Waals surface area (Å²) in [6.07, 6.45) is 0. The molecule has 0 amide bonds. The number of nitrogens with zero attached hydrogens (tertiary/aromatic N) is 6. The van der Waals surface area contributed by atoms with Gasteiger partial charge in [-0.1, -0.05) is 0 Å². The molecule has 0 rings (SSSR count). The topological polar surface area (TPSA) is 143 Å². The Kier molecular flexibility index (Phi) is 529000000. The molecule has 0 heterocycles. The van der Waals surface area contributed by atoms with Crippen molar-refractivity contribution in [1.29, 1.82) is 31.6 Å². The van der Waals surface area contributed by atoms with Crippen LogP contribution in [0.5, 0.6) is 0 Å². The van der Waals surface area contributed by atoms with Gasteiger partial charge in [-0.05, 0) is 0 Å². The Balaban J connectivity index is -0.00000000321. The van der Waals surface area contributed by atoms with Gasteiger partial charge in [0.2, 0.25) is 0 Å². The summed E-state index contributed by atoms with van der Waals surface area (Å²) in [6, 6.07) is 0. The second-order valence-electron chi connectivity index (χ2n) is 0. The summed E-state index contributed by atoms with van der Waals surface area (Å²) in [4.78, 5) is 0. The molecule has 0 N–H and O–H groups in total. The monoisotopic (exact) mass is 410 g/mol. The Morgan fingerprint density at radius 2 is 0.467 bits per heavy atom. The molecule has 0 aromatic rings. The molecule has 0 fully saturated rings. The molecule has 0 unspecified atom stereocenters. The van der Waals surface area contributed by atoms with Gasteiger partial charge in [0, 0.05) is 73.0 Å². The van der Waals surface area contributed by atoms with Crippen LogP contribution in [0.2, 0.25) is 0 Å². The average molecular weight is 411 g/mol. The summed E-state index contributed by atoms with van der Waals surface area (Å²) in [6.45, 7) is 21.0. The molecule has 0 aromatic heterocycles. The average Bonchev–Trinajstić information content (AvgIpc) is 2.33. The molecule has 0 aliphatic carbocycles. The van der Waals surface area contributed by atoms with Crippen molar-refractivity contribution in [2.75, 3.05) is 0 Å². The van der Waals surface area contributed by atoms with E-state index in [2.05, 4.69) is 39.4 Å². The second kappa shape index (κ2) is 97300000. The van der Waals surface area contributed by atoms with E-state index in [9.17, 15) is 0 Å². The molecule has 0 saturated heterocycles. The van der Waals surface area contributed by atoms with Gasteiger partial charge in [0.05, 0.1) is 0 Å². The van der Waals surface area contributed by atoms with Crippen molar-refractivity contribution in [1.82, 2.24) is 0 Å². The molecule has 0 aliphatic heterocycles. The van der Waals surface area contributed by atoms with E-state index in [0.29, 0.717) is 0 Å². The van der Waals surface area contributed by atoms with E-state index in [1.54, 1.807) is 0 Å². The van der Waals surface area contributed by atoms with Crippen LogP contribution >= 0.6 is 0 Å². The summed E-state index contributed by atoms with van der Waals surface area (Å²) in [5.74, 6) is 0. The van der Waals surface area contributed by atoms with Crippen molar-refractivity contribution in [2.24, 2.45) is 0 Å². The van der Waals surface area contributed by atoms with E-state index in [1.165, 1.54) is 0 Å². The molecule has 0 saturated carbocycles. The van der Waals surface area contributed by atoms with Crippen molar-refractivity contribution in [2.45, 2.75) is 0 Å². The zero-order chi connectivity index (χ0) is 12.0. The van der Waals surface area contributed by atoms with Gasteiger partial charge >= 0.3 is 68.9 Å². The normalized spacial score (nSPS) is 0.800. The Bertz CT molecular complexity index is 108. The largest absolute Gasteiger partial charge is 1.00 e. The zero-order valence-corrected chi connectivity index (χ0v) is 16.2. The molecule has 0 aliphatic rings. The van der Waals surface area contributed by atoms with E-state index >= 15 is 0 Å². The summed E-state index contributed by atoms with van der Waals surface area (Å²) >= 11 is 0. The van der Waals surface area contributed by atoms with Gasteiger partial charge in [0.1, 0.15) is 0 Å². The van der Waals surface area contributed by atoms with Gasteiger partial charge in [-0.2, -0.15) is 0 Å². The van der Waals surface area contributed by atoms with Crippen molar-refractivity contribution >= 4 is 0 Å². The first-order chi connectivity index (χ1) is 6.00. The van der Waals surface area contributed by atoms with E-state index < -0.39 is 0 Å². The van der Waals surface area contributed by atoms with Crippen LogP contribution in [0.1, 0.15) is 1.43 Å². The maximum absolute atomic E-state index is 6.50. The molecular formula is C6H7CsFeN6Ni. The van der Waals surface area contributed by atoms with Gasteiger partial charge < -0.3 is 1.43 Å². The Morgan fingerprint density at radius 1 is 0.467 bits per heavy atom. The minimum absolute atomic E-state index is 0. The Morgan fingerprint density at radius 3 is 0.467 bits per heavy atom. The van der Waals surface area contributed by atoms with Crippen LogP contribution in [0, 0.1) is 71.0 Å². The van der Waals surface area contributed by atoms with Crippen LogP contribution in [-0.2, 0) is 33.6 Å². The fourth-order valence-electron chi connectivity index (χ4n) is 0. The van der Waals surface area contributed by atoms with Gasteiger partial charge in [0.15, 0.2) is 0 Å². The molecule has 6 nitrogen and oxygen atoms in total. The predicted octanol–water partition coefficient (Wildman–Crippen LogP) is -2.05. The maximum atomic E-state index is 6.50. The van der Waals surface area contributed by atoms with Crippen LogP contribution in [0.25, 0.3) is 0 Å². The van der Waals surface area contributed by atoms with Gasteiger partial charge in [0.25, 0.3) is 0 Å². The molecular weight excluding hydrogens is 404 g/mol. The van der Waals surface area contributed by atoms with Gasteiger partial charge in [-0.15, -0.1) is 0 Å². The third-order valence-corrected chi connectivity index (χ3v) is 0. The zero-order valence-electron chi connectivity index (χ0n) is 8.82. The molecule has 80 valence electrons. The fraction of sp³-hybridized carbons (Fsp3) is 0. The first-order valence-electron chi connectivity index (χ1n) is 1.55. The molecule has 0 bridgehead atoms. The van der Waals surface area contributed by atoms with E-state index in [1.807, 2.05) is 0 Å². The second-order valence-corrected chi connectivity index (χ2v) is 0. The van der Waals surface area contributed by atoms with Crippen LogP contribution in [0.4, 0.5) is 0 Å². The molecule has 15 heavy (non-hydrogen) atoms. The van der Waals surface area contributed by atoms with E-state index in [0.717, 1.165) is 0 Å². The maximum Gasteiger partial charge on any atom is 1.00 e. The summed E-state index contributed by atoms with van der Waals surface area (Å²) in [7, 11) is 0. The summed E-state index contributed by atoms with van der Waals surface area (Å²) < 4.78 is 0. The van der Waals surface area contributed by atoms with Crippen LogP contribution in [0.15, 0.2) is 0 Å².